The lowest BCUT2D eigenvalue weighted by atomic mass is 10.0. The molecule has 34 heavy (non-hydrogen) atoms. The van der Waals surface area contributed by atoms with Crippen LogP contribution in [-0.4, -0.2) is 61.4 Å². The number of nitrogens with zero attached hydrogens (tertiary/aromatic N) is 3. The second kappa shape index (κ2) is 10.5. The predicted octanol–water partition coefficient (Wildman–Crippen LogP) is 3.37. The maximum Gasteiger partial charge on any atom is 0.253 e. The standard InChI is InChI=1S/C27H29FN4O2/c1-30(26(33)18-29)19-20-3-2-4-23(17-20)21-5-7-22(8-6-21)27(34)32-15-13-31(14-16-32)25-11-9-24(28)10-12-25/h2-12,17H,13-16,18-19,29H2,1H3. The lowest BCUT2D eigenvalue weighted by Crippen LogP contribution is -2.48. The van der Waals surface area contributed by atoms with Gasteiger partial charge in [-0.25, -0.2) is 4.39 Å². The molecule has 0 bridgehead atoms. The summed E-state index contributed by atoms with van der Waals surface area (Å²) >= 11 is 0. The molecule has 2 N–H and O–H groups in total. The molecule has 2 amide bonds. The van der Waals surface area contributed by atoms with Crippen molar-refractivity contribution < 1.29 is 14.0 Å². The molecule has 0 radical (unpaired) electrons. The third-order valence-corrected chi connectivity index (χ3v) is 6.17. The molecule has 0 aliphatic carbocycles. The molecule has 6 nitrogen and oxygen atoms in total. The third-order valence-electron chi connectivity index (χ3n) is 6.17. The maximum absolute atomic E-state index is 13.2. The average Bonchev–Trinajstić information content (AvgIpc) is 2.88. The minimum atomic E-state index is -0.248. The molecule has 7 heteroatoms. The highest BCUT2D eigenvalue weighted by atomic mass is 19.1. The minimum absolute atomic E-state index is 0.00698. The number of nitrogens with two attached hydrogens (primary N) is 1. The van der Waals surface area contributed by atoms with Crippen molar-refractivity contribution >= 4 is 17.5 Å². The Kier molecular flexibility index (Phi) is 7.23. The molecule has 4 rings (SSSR count). The van der Waals surface area contributed by atoms with Gasteiger partial charge in [-0.1, -0.05) is 30.3 Å². The molecule has 1 heterocycles. The number of carbonyl (C=O) groups is 2. The molecular weight excluding hydrogens is 431 g/mol. The molecule has 0 atom stereocenters. The van der Waals surface area contributed by atoms with Crippen molar-refractivity contribution in [1.82, 2.24) is 9.80 Å². The number of rotatable bonds is 6. The van der Waals surface area contributed by atoms with Gasteiger partial charge in [0.1, 0.15) is 5.82 Å². The van der Waals surface area contributed by atoms with Crippen molar-refractivity contribution in [1.29, 1.82) is 0 Å². The number of hydrogen-bond acceptors (Lipinski definition) is 4. The Morgan fingerprint density at radius 3 is 2.24 bits per heavy atom. The first kappa shape index (κ1) is 23.4. The highest BCUT2D eigenvalue weighted by Crippen LogP contribution is 2.23. The maximum atomic E-state index is 13.2. The fourth-order valence-electron chi connectivity index (χ4n) is 4.17. The molecule has 1 fully saturated rings. The molecule has 1 saturated heterocycles. The van der Waals surface area contributed by atoms with E-state index in [2.05, 4.69) is 4.90 Å². The molecule has 0 saturated carbocycles. The Balaban J connectivity index is 1.38. The largest absolute Gasteiger partial charge is 0.368 e. The first-order chi connectivity index (χ1) is 16.4. The molecule has 3 aromatic carbocycles. The van der Waals surface area contributed by atoms with E-state index in [1.54, 1.807) is 24.1 Å². The second-order valence-electron chi connectivity index (χ2n) is 8.49. The Morgan fingerprint density at radius 1 is 0.912 bits per heavy atom. The second-order valence-corrected chi connectivity index (χ2v) is 8.49. The first-order valence-corrected chi connectivity index (χ1v) is 11.4. The van der Waals surface area contributed by atoms with Gasteiger partial charge in [0.05, 0.1) is 6.54 Å². The summed E-state index contributed by atoms with van der Waals surface area (Å²) in [5.41, 5.74) is 10.1. The average molecular weight is 461 g/mol. The van der Waals surface area contributed by atoms with Crippen LogP contribution in [0.2, 0.25) is 0 Å². The summed E-state index contributed by atoms with van der Waals surface area (Å²) in [6, 6.07) is 22.1. The van der Waals surface area contributed by atoms with E-state index in [9.17, 15) is 14.0 Å². The van der Waals surface area contributed by atoms with Gasteiger partial charge in [-0.2, -0.15) is 0 Å². The molecule has 1 aliphatic rings. The summed E-state index contributed by atoms with van der Waals surface area (Å²) in [6.07, 6.45) is 0. The molecular formula is C27H29FN4O2. The summed E-state index contributed by atoms with van der Waals surface area (Å²) in [6.45, 7) is 3.15. The van der Waals surface area contributed by atoms with Crippen LogP contribution in [0.25, 0.3) is 11.1 Å². The number of amides is 2. The fourth-order valence-corrected chi connectivity index (χ4v) is 4.17. The van der Waals surface area contributed by atoms with Crippen molar-refractivity contribution in [3.05, 3.63) is 89.7 Å². The van der Waals surface area contributed by atoms with Gasteiger partial charge in [0.25, 0.3) is 5.91 Å². The number of likely N-dealkylation sites (N-methyl/N-ethyl adjacent to an activating group) is 1. The smallest absolute Gasteiger partial charge is 0.253 e. The Hall–Kier alpha value is -3.71. The first-order valence-electron chi connectivity index (χ1n) is 11.4. The van der Waals surface area contributed by atoms with Crippen molar-refractivity contribution in [2.24, 2.45) is 5.73 Å². The Morgan fingerprint density at radius 2 is 1.59 bits per heavy atom. The van der Waals surface area contributed by atoms with Crippen LogP contribution < -0.4 is 10.6 Å². The summed E-state index contributed by atoms with van der Waals surface area (Å²) in [5, 5.41) is 0. The highest BCUT2D eigenvalue weighted by molar-refractivity contribution is 5.95. The van der Waals surface area contributed by atoms with Crippen molar-refractivity contribution in [2.45, 2.75) is 6.54 Å². The van der Waals surface area contributed by atoms with E-state index in [-0.39, 0.29) is 24.2 Å². The van der Waals surface area contributed by atoms with Gasteiger partial charge in [-0.3, -0.25) is 9.59 Å². The van der Waals surface area contributed by atoms with E-state index in [1.807, 2.05) is 53.4 Å². The number of hydrogen-bond donors (Lipinski definition) is 1. The SMILES string of the molecule is CN(Cc1cccc(-c2ccc(C(=O)N3CCN(c4ccc(F)cc4)CC3)cc2)c1)C(=O)CN. The normalized spacial score (nSPS) is 13.6. The predicted molar refractivity (Wildman–Crippen MR) is 132 cm³/mol. The van der Waals surface area contributed by atoms with Gasteiger partial charge < -0.3 is 20.4 Å². The van der Waals surface area contributed by atoms with Gasteiger partial charge in [-0.15, -0.1) is 0 Å². The Labute approximate surface area is 199 Å². The van der Waals surface area contributed by atoms with Gasteiger partial charge in [0.15, 0.2) is 0 Å². The van der Waals surface area contributed by atoms with E-state index in [1.165, 1.54) is 12.1 Å². The van der Waals surface area contributed by atoms with Crippen LogP contribution in [0.3, 0.4) is 0 Å². The monoisotopic (exact) mass is 460 g/mol. The molecule has 0 unspecified atom stereocenters. The van der Waals surface area contributed by atoms with Gasteiger partial charge in [0, 0.05) is 51.0 Å². The molecule has 176 valence electrons. The van der Waals surface area contributed by atoms with Crippen LogP contribution in [0.5, 0.6) is 0 Å². The topological polar surface area (TPSA) is 69.9 Å². The zero-order valence-electron chi connectivity index (χ0n) is 19.3. The summed E-state index contributed by atoms with van der Waals surface area (Å²) in [7, 11) is 1.74. The third kappa shape index (κ3) is 5.43. The quantitative estimate of drug-likeness (QED) is 0.612. The zero-order valence-corrected chi connectivity index (χ0v) is 19.3. The summed E-state index contributed by atoms with van der Waals surface area (Å²) < 4.78 is 13.2. The van der Waals surface area contributed by atoms with E-state index in [4.69, 9.17) is 5.73 Å². The minimum Gasteiger partial charge on any atom is -0.368 e. The van der Waals surface area contributed by atoms with Crippen LogP contribution in [0.4, 0.5) is 10.1 Å². The summed E-state index contributed by atoms with van der Waals surface area (Å²) in [5.74, 6) is -0.338. The van der Waals surface area contributed by atoms with Crippen molar-refractivity contribution in [2.75, 3.05) is 44.7 Å². The Bertz CT molecular complexity index is 1140. The van der Waals surface area contributed by atoms with Crippen LogP contribution in [0, 0.1) is 5.82 Å². The van der Waals surface area contributed by atoms with Gasteiger partial charge in [-0.05, 0) is 59.2 Å². The number of carbonyl (C=O) groups excluding carboxylic acids is 2. The molecule has 3 aromatic rings. The number of piperazine rings is 1. The van der Waals surface area contributed by atoms with E-state index >= 15 is 0 Å². The van der Waals surface area contributed by atoms with E-state index < -0.39 is 0 Å². The van der Waals surface area contributed by atoms with Crippen LogP contribution in [0.15, 0.2) is 72.8 Å². The van der Waals surface area contributed by atoms with Crippen molar-refractivity contribution in [3.63, 3.8) is 0 Å². The molecule has 0 spiro atoms. The zero-order chi connectivity index (χ0) is 24.1. The number of anilines is 1. The molecule has 1 aliphatic heterocycles. The number of halogens is 1. The van der Waals surface area contributed by atoms with Crippen LogP contribution >= 0.6 is 0 Å². The highest BCUT2D eigenvalue weighted by Gasteiger charge is 2.22. The van der Waals surface area contributed by atoms with Gasteiger partial charge >= 0.3 is 0 Å². The lowest BCUT2D eigenvalue weighted by Gasteiger charge is -2.36. The van der Waals surface area contributed by atoms with Crippen molar-refractivity contribution in [3.8, 4) is 11.1 Å². The van der Waals surface area contributed by atoms with E-state index in [0.29, 0.717) is 38.3 Å². The van der Waals surface area contributed by atoms with Gasteiger partial charge in [0.2, 0.25) is 5.91 Å². The number of benzene rings is 3. The lowest BCUT2D eigenvalue weighted by molar-refractivity contribution is -0.128. The van der Waals surface area contributed by atoms with E-state index in [0.717, 1.165) is 22.4 Å². The summed E-state index contributed by atoms with van der Waals surface area (Å²) in [4.78, 5) is 30.4. The van der Waals surface area contributed by atoms with Crippen LogP contribution in [-0.2, 0) is 11.3 Å². The van der Waals surface area contributed by atoms with Crippen LogP contribution in [0.1, 0.15) is 15.9 Å². The fraction of sp³-hybridized carbons (Fsp3) is 0.259. The molecule has 0 aromatic heterocycles.